The second-order valence-corrected chi connectivity index (χ2v) is 11.2. The number of nitrogens with one attached hydrogen (secondary N) is 1. The van der Waals surface area contributed by atoms with Crippen LogP contribution in [0.4, 0.5) is 0 Å². The van der Waals surface area contributed by atoms with Crippen molar-refractivity contribution >= 4 is 15.9 Å². The Morgan fingerprint density at radius 3 is 2.21 bits per heavy atom. The van der Waals surface area contributed by atoms with Crippen molar-refractivity contribution in [3.8, 4) is 0 Å². The average molecular weight is 423 g/mol. The predicted octanol–water partition coefficient (Wildman–Crippen LogP) is 1.09. The van der Waals surface area contributed by atoms with Gasteiger partial charge in [-0.25, -0.2) is 8.42 Å². The summed E-state index contributed by atoms with van der Waals surface area (Å²) >= 11 is 0. The molecule has 1 aromatic carbocycles. The Balaban J connectivity index is 1.62. The Kier molecular flexibility index (Phi) is 6.70. The maximum Gasteiger partial charge on any atom is 0.280 e. The van der Waals surface area contributed by atoms with E-state index in [1.807, 2.05) is 31.7 Å². The molecule has 2 heterocycles. The van der Waals surface area contributed by atoms with Gasteiger partial charge in [0.05, 0.1) is 31.1 Å². The number of aryl methyl sites for hydroxylation is 2. The summed E-state index contributed by atoms with van der Waals surface area (Å²) in [5.41, 5.74) is 2.08. The van der Waals surface area contributed by atoms with Crippen molar-refractivity contribution in [2.75, 3.05) is 39.3 Å². The fraction of sp³-hybridized carbons (Fsp3) is 0.682. The van der Waals surface area contributed by atoms with Crippen molar-refractivity contribution in [1.82, 2.24) is 9.21 Å². The van der Waals surface area contributed by atoms with Crippen LogP contribution in [-0.2, 0) is 14.8 Å². The molecule has 2 aliphatic heterocycles. The van der Waals surface area contributed by atoms with Crippen LogP contribution in [0.15, 0.2) is 23.1 Å². The molecule has 7 heteroatoms. The van der Waals surface area contributed by atoms with E-state index >= 15 is 0 Å². The van der Waals surface area contributed by atoms with E-state index in [2.05, 4.69) is 13.8 Å². The van der Waals surface area contributed by atoms with Gasteiger partial charge >= 0.3 is 0 Å². The van der Waals surface area contributed by atoms with E-state index in [0.29, 0.717) is 42.9 Å². The van der Waals surface area contributed by atoms with Crippen LogP contribution in [0.2, 0.25) is 0 Å². The van der Waals surface area contributed by atoms with E-state index in [-0.39, 0.29) is 11.9 Å². The highest BCUT2D eigenvalue weighted by Gasteiger charge is 2.37. The summed E-state index contributed by atoms with van der Waals surface area (Å²) in [6.07, 6.45) is 1.18. The van der Waals surface area contributed by atoms with Crippen molar-refractivity contribution < 1.29 is 18.1 Å². The first-order chi connectivity index (χ1) is 13.6. The van der Waals surface area contributed by atoms with Gasteiger partial charge < -0.3 is 9.80 Å². The number of piperazine rings is 1. The molecule has 2 fully saturated rings. The molecule has 162 valence electrons. The van der Waals surface area contributed by atoms with Gasteiger partial charge in [-0.15, -0.1) is 0 Å². The van der Waals surface area contributed by atoms with Crippen LogP contribution in [0.5, 0.6) is 0 Å². The molecule has 0 spiro atoms. The second kappa shape index (κ2) is 8.74. The fourth-order valence-corrected chi connectivity index (χ4v) is 6.29. The average Bonchev–Trinajstić information content (AvgIpc) is 2.68. The lowest BCUT2D eigenvalue weighted by molar-refractivity contribution is -0.918. The molecule has 3 rings (SSSR count). The summed E-state index contributed by atoms with van der Waals surface area (Å²) in [7, 11) is -3.48. The normalized spacial score (nSPS) is 25.8. The maximum absolute atomic E-state index is 13.0. The van der Waals surface area contributed by atoms with Crippen LogP contribution in [0.3, 0.4) is 0 Å². The topological polar surface area (TPSA) is 62.1 Å². The van der Waals surface area contributed by atoms with E-state index in [9.17, 15) is 13.2 Å². The maximum atomic E-state index is 13.0. The second-order valence-electron chi connectivity index (χ2n) is 9.22. The molecule has 0 aromatic heterocycles. The lowest BCUT2D eigenvalue weighted by Crippen LogP contribution is -3.19. The highest BCUT2D eigenvalue weighted by atomic mass is 32.2. The van der Waals surface area contributed by atoms with Gasteiger partial charge in [0.2, 0.25) is 10.0 Å². The highest BCUT2D eigenvalue weighted by molar-refractivity contribution is 7.89. The van der Waals surface area contributed by atoms with Gasteiger partial charge in [0.15, 0.2) is 6.04 Å². The highest BCUT2D eigenvalue weighted by Crippen LogP contribution is 2.22. The van der Waals surface area contributed by atoms with Gasteiger partial charge in [0.25, 0.3) is 5.91 Å². The standard InChI is InChI=1S/C22H35N3O3S/c1-16-12-17(2)15-24(14-16)22(26)20(5)23-8-10-25(11-9-23)29(27,28)21-7-6-18(3)19(4)13-21/h6-7,13,16-17,20H,8-12,14-15H2,1-5H3/p+1/t16-,17-,20+/m0/s1. The van der Waals surface area contributed by atoms with Gasteiger partial charge in [0.1, 0.15) is 0 Å². The molecule has 29 heavy (non-hydrogen) atoms. The molecule has 6 nitrogen and oxygen atoms in total. The molecule has 0 bridgehead atoms. The minimum absolute atomic E-state index is 0.126. The third kappa shape index (κ3) is 4.84. The number of benzene rings is 1. The Morgan fingerprint density at radius 2 is 1.66 bits per heavy atom. The molecule has 3 atom stereocenters. The number of carbonyl (C=O) groups is 1. The summed E-state index contributed by atoms with van der Waals surface area (Å²) in [6.45, 7) is 14.3. The summed E-state index contributed by atoms with van der Waals surface area (Å²) < 4.78 is 27.6. The van der Waals surface area contributed by atoms with Gasteiger partial charge in [-0.1, -0.05) is 19.9 Å². The van der Waals surface area contributed by atoms with Crippen LogP contribution in [-0.4, -0.2) is 68.8 Å². The summed E-state index contributed by atoms with van der Waals surface area (Å²) in [6, 6.07) is 5.20. The van der Waals surface area contributed by atoms with Crippen LogP contribution < -0.4 is 4.90 Å². The van der Waals surface area contributed by atoms with Gasteiger partial charge in [-0.05, 0) is 62.3 Å². The number of hydrogen-bond donors (Lipinski definition) is 1. The SMILES string of the molecule is Cc1ccc(S(=O)(=O)N2CC[NH+]([C@H](C)C(=O)N3C[C@@H](C)C[C@H](C)C3)CC2)cc1C. The van der Waals surface area contributed by atoms with Crippen molar-refractivity contribution in [2.24, 2.45) is 11.8 Å². The minimum Gasteiger partial charge on any atom is -0.337 e. The van der Waals surface area contributed by atoms with Gasteiger partial charge in [-0.3, -0.25) is 4.79 Å². The molecule has 0 unspecified atom stereocenters. The van der Waals surface area contributed by atoms with Gasteiger partial charge in [0, 0.05) is 13.1 Å². The third-order valence-electron chi connectivity index (χ3n) is 6.64. The first-order valence-corrected chi connectivity index (χ1v) is 12.2. The first kappa shape index (κ1) is 22.2. The molecule has 0 aliphatic carbocycles. The van der Waals surface area contributed by atoms with E-state index < -0.39 is 10.0 Å². The molecule has 0 radical (unpaired) electrons. The summed E-state index contributed by atoms with van der Waals surface area (Å²) in [5.74, 6) is 1.30. The first-order valence-electron chi connectivity index (χ1n) is 10.8. The van der Waals surface area contributed by atoms with Crippen LogP contribution in [0.25, 0.3) is 0 Å². The van der Waals surface area contributed by atoms with Crippen molar-refractivity contribution in [2.45, 2.75) is 52.0 Å². The predicted molar refractivity (Wildman–Crippen MR) is 114 cm³/mol. The molecular formula is C22H36N3O3S+. The zero-order valence-electron chi connectivity index (χ0n) is 18.4. The number of hydrogen-bond acceptors (Lipinski definition) is 3. The lowest BCUT2D eigenvalue weighted by Gasteiger charge is -2.39. The Hall–Kier alpha value is -1.44. The number of piperidine rings is 1. The number of carbonyl (C=O) groups excluding carboxylic acids is 1. The van der Waals surface area contributed by atoms with E-state index in [1.165, 1.54) is 11.3 Å². The number of rotatable bonds is 4. The number of likely N-dealkylation sites (tertiary alicyclic amines) is 1. The summed E-state index contributed by atoms with van der Waals surface area (Å²) in [4.78, 5) is 16.6. The molecule has 2 saturated heterocycles. The Morgan fingerprint density at radius 1 is 1.07 bits per heavy atom. The third-order valence-corrected chi connectivity index (χ3v) is 8.54. The van der Waals surface area contributed by atoms with Crippen LogP contribution in [0.1, 0.15) is 38.3 Å². The molecule has 1 aromatic rings. The van der Waals surface area contributed by atoms with E-state index in [1.54, 1.807) is 16.4 Å². The zero-order valence-corrected chi connectivity index (χ0v) is 19.3. The molecule has 0 saturated carbocycles. The molecule has 1 N–H and O–H groups in total. The van der Waals surface area contributed by atoms with Crippen molar-refractivity contribution in [3.05, 3.63) is 29.3 Å². The van der Waals surface area contributed by atoms with E-state index in [4.69, 9.17) is 0 Å². The van der Waals surface area contributed by atoms with Crippen LogP contribution in [0, 0.1) is 25.7 Å². The molecule has 2 aliphatic rings. The van der Waals surface area contributed by atoms with Gasteiger partial charge in [-0.2, -0.15) is 4.31 Å². The number of sulfonamides is 1. The van der Waals surface area contributed by atoms with Crippen molar-refractivity contribution in [1.29, 1.82) is 0 Å². The number of quaternary nitrogens is 1. The fourth-order valence-electron chi connectivity index (χ4n) is 4.76. The van der Waals surface area contributed by atoms with Crippen LogP contribution >= 0.6 is 0 Å². The number of amides is 1. The monoisotopic (exact) mass is 422 g/mol. The minimum atomic E-state index is -3.48. The largest absolute Gasteiger partial charge is 0.337 e. The number of nitrogens with zero attached hydrogens (tertiary/aromatic N) is 2. The Labute approximate surface area is 175 Å². The van der Waals surface area contributed by atoms with E-state index in [0.717, 1.165) is 24.2 Å². The van der Waals surface area contributed by atoms with Crippen molar-refractivity contribution in [3.63, 3.8) is 0 Å². The Bertz CT molecular complexity index is 837. The summed E-state index contributed by atoms with van der Waals surface area (Å²) in [5, 5.41) is 0. The molecule has 1 amide bonds. The smallest absolute Gasteiger partial charge is 0.280 e. The quantitative estimate of drug-likeness (QED) is 0.790. The molecular weight excluding hydrogens is 386 g/mol. The lowest BCUT2D eigenvalue weighted by atomic mass is 9.91. The zero-order chi connectivity index (χ0) is 21.3.